The van der Waals surface area contributed by atoms with Gasteiger partial charge in [-0.3, -0.25) is 0 Å². The van der Waals surface area contributed by atoms with E-state index in [1.54, 1.807) is 20.8 Å². The number of methoxy groups -OCH3 is 1. The molecule has 0 radical (unpaired) electrons. The lowest BCUT2D eigenvalue weighted by molar-refractivity contribution is -0.311. The molecular weight excluding hydrogens is 254 g/mol. The average Bonchev–Trinajstić information content (AvgIpc) is 2.30. The summed E-state index contributed by atoms with van der Waals surface area (Å²) in [6, 6.07) is -1.03. The monoisotopic (exact) mass is 274 g/mol. The fourth-order valence-corrected chi connectivity index (χ4v) is 1.12. The van der Waals surface area contributed by atoms with Crippen LogP contribution in [0.2, 0.25) is 0 Å². The van der Waals surface area contributed by atoms with Gasteiger partial charge in [-0.15, -0.1) is 5.76 Å². The van der Waals surface area contributed by atoms with E-state index < -0.39 is 36.1 Å². The zero-order chi connectivity index (χ0) is 15.1. The van der Waals surface area contributed by atoms with Crippen molar-refractivity contribution in [1.82, 2.24) is 5.32 Å². The van der Waals surface area contributed by atoms with Crippen LogP contribution in [-0.2, 0) is 14.3 Å². The number of alkyl carbamates (subject to hydrolysis) is 1. The third-order valence-electron chi connectivity index (χ3n) is 1.91. The molecule has 0 unspecified atom stereocenters. The standard InChI is InChI=1S/C12H21NO6/c1-12(2,3)19-11(17)13-9(10(16)18-4)6-5-8(15)7-14/h5,9,14-15H,6-7H2,1-4H3,(H,13,17)/p-1/b8-5-/t9-/m0/s1. The quantitative estimate of drug-likeness (QED) is 0.525. The molecule has 1 amide bonds. The van der Waals surface area contributed by atoms with Crippen LogP contribution in [0.5, 0.6) is 0 Å². The summed E-state index contributed by atoms with van der Waals surface area (Å²) in [5.74, 6) is -1.24. The summed E-state index contributed by atoms with van der Waals surface area (Å²) in [4.78, 5) is 22.9. The largest absolute Gasteiger partial charge is 0.874 e. The highest BCUT2D eigenvalue weighted by Gasteiger charge is 2.23. The number of aliphatic hydroxyl groups excluding tert-OH is 1. The van der Waals surface area contributed by atoms with Gasteiger partial charge in [-0.1, -0.05) is 6.08 Å². The van der Waals surface area contributed by atoms with Crippen molar-refractivity contribution < 1.29 is 29.3 Å². The molecule has 0 aromatic rings. The van der Waals surface area contributed by atoms with Crippen LogP contribution in [0, 0.1) is 0 Å². The number of ether oxygens (including phenoxy) is 2. The van der Waals surface area contributed by atoms with Gasteiger partial charge in [0.25, 0.3) is 0 Å². The van der Waals surface area contributed by atoms with E-state index >= 15 is 0 Å². The van der Waals surface area contributed by atoms with Gasteiger partial charge in [0, 0.05) is 0 Å². The molecule has 0 fully saturated rings. The first-order valence-electron chi connectivity index (χ1n) is 5.74. The maximum atomic E-state index is 11.5. The second-order valence-electron chi connectivity index (χ2n) is 4.79. The predicted molar refractivity (Wildman–Crippen MR) is 65.0 cm³/mol. The summed E-state index contributed by atoms with van der Waals surface area (Å²) >= 11 is 0. The lowest BCUT2D eigenvalue weighted by Gasteiger charge is -2.22. The predicted octanol–water partition coefficient (Wildman–Crippen LogP) is -0.321. The van der Waals surface area contributed by atoms with Crippen LogP contribution in [0.3, 0.4) is 0 Å². The maximum Gasteiger partial charge on any atom is 0.408 e. The molecule has 0 aromatic heterocycles. The fraction of sp³-hybridized carbons (Fsp3) is 0.667. The van der Waals surface area contributed by atoms with Gasteiger partial charge in [-0.25, -0.2) is 9.59 Å². The third kappa shape index (κ3) is 8.04. The van der Waals surface area contributed by atoms with E-state index in [1.807, 2.05) is 0 Å². The molecule has 0 aliphatic heterocycles. The molecule has 0 spiro atoms. The third-order valence-corrected chi connectivity index (χ3v) is 1.91. The van der Waals surface area contributed by atoms with E-state index in [0.717, 1.165) is 6.08 Å². The zero-order valence-electron chi connectivity index (χ0n) is 11.6. The number of rotatable bonds is 5. The summed E-state index contributed by atoms with van der Waals surface area (Å²) in [5.41, 5.74) is -0.699. The lowest BCUT2D eigenvalue weighted by atomic mass is 10.2. The Morgan fingerprint density at radius 2 is 2.00 bits per heavy atom. The van der Waals surface area contributed by atoms with Crippen molar-refractivity contribution in [2.24, 2.45) is 0 Å². The Morgan fingerprint density at radius 3 is 2.42 bits per heavy atom. The number of hydrogen-bond donors (Lipinski definition) is 2. The Balaban J connectivity index is 4.61. The van der Waals surface area contributed by atoms with Gasteiger partial charge in [0.05, 0.1) is 13.7 Å². The summed E-state index contributed by atoms with van der Waals surface area (Å²) in [6.45, 7) is 4.39. The summed E-state index contributed by atoms with van der Waals surface area (Å²) in [6.07, 6.45) is 0.248. The highest BCUT2D eigenvalue weighted by molar-refractivity contribution is 5.81. The number of nitrogens with one attached hydrogen (secondary N) is 1. The van der Waals surface area contributed by atoms with Crippen LogP contribution in [-0.4, -0.2) is 42.5 Å². The molecule has 2 N–H and O–H groups in total. The molecular formula is C12H20NO6-. The highest BCUT2D eigenvalue weighted by Crippen LogP contribution is 2.08. The lowest BCUT2D eigenvalue weighted by Crippen LogP contribution is -2.43. The van der Waals surface area contributed by atoms with Crippen LogP contribution >= 0.6 is 0 Å². The van der Waals surface area contributed by atoms with Gasteiger partial charge in [-0.2, -0.15) is 0 Å². The van der Waals surface area contributed by atoms with E-state index in [1.165, 1.54) is 7.11 Å². The maximum absolute atomic E-state index is 11.5. The Morgan fingerprint density at radius 1 is 1.42 bits per heavy atom. The molecule has 0 aliphatic carbocycles. The second-order valence-corrected chi connectivity index (χ2v) is 4.79. The van der Waals surface area contributed by atoms with Gasteiger partial charge in [-0.05, 0) is 27.2 Å². The van der Waals surface area contributed by atoms with E-state index in [2.05, 4.69) is 10.1 Å². The van der Waals surface area contributed by atoms with E-state index in [9.17, 15) is 14.7 Å². The van der Waals surface area contributed by atoms with Gasteiger partial charge in [0.15, 0.2) is 0 Å². The molecule has 0 bridgehead atoms. The van der Waals surface area contributed by atoms with Crippen molar-refractivity contribution in [3.63, 3.8) is 0 Å². The molecule has 0 saturated heterocycles. The van der Waals surface area contributed by atoms with Crippen molar-refractivity contribution >= 4 is 12.1 Å². The molecule has 19 heavy (non-hydrogen) atoms. The topological polar surface area (TPSA) is 108 Å². The summed E-state index contributed by atoms with van der Waals surface area (Å²) in [7, 11) is 1.17. The molecule has 7 heteroatoms. The molecule has 0 heterocycles. The second kappa shape index (κ2) is 7.63. The Labute approximate surface area is 112 Å². The Bertz CT molecular complexity index is 345. The van der Waals surface area contributed by atoms with Gasteiger partial charge in [0.1, 0.15) is 11.6 Å². The molecule has 0 aliphatic rings. The number of carbonyl (C=O) groups is 2. The Hall–Kier alpha value is -1.76. The smallest absolute Gasteiger partial charge is 0.408 e. The number of esters is 1. The van der Waals surface area contributed by atoms with Crippen LogP contribution in [0.15, 0.2) is 11.8 Å². The van der Waals surface area contributed by atoms with Crippen molar-refractivity contribution in [3.8, 4) is 0 Å². The van der Waals surface area contributed by atoms with Crippen molar-refractivity contribution in [2.75, 3.05) is 13.7 Å². The van der Waals surface area contributed by atoms with Crippen LogP contribution in [0.25, 0.3) is 0 Å². The van der Waals surface area contributed by atoms with E-state index in [-0.39, 0.29) is 6.42 Å². The molecule has 1 atom stereocenters. The van der Waals surface area contributed by atoms with Crippen molar-refractivity contribution in [1.29, 1.82) is 0 Å². The molecule has 110 valence electrons. The minimum Gasteiger partial charge on any atom is -0.874 e. The first-order chi connectivity index (χ1) is 8.69. The van der Waals surface area contributed by atoms with Gasteiger partial charge < -0.3 is 25.0 Å². The molecule has 0 rings (SSSR count). The minimum absolute atomic E-state index is 0.0781. The zero-order valence-corrected chi connectivity index (χ0v) is 11.6. The fourth-order valence-electron chi connectivity index (χ4n) is 1.12. The summed E-state index contributed by atoms with van der Waals surface area (Å²) < 4.78 is 9.50. The Kier molecular flexibility index (Phi) is 6.92. The van der Waals surface area contributed by atoms with Crippen molar-refractivity contribution in [3.05, 3.63) is 11.8 Å². The average molecular weight is 274 g/mol. The van der Waals surface area contributed by atoms with Crippen LogP contribution < -0.4 is 10.4 Å². The van der Waals surface area contributed by atoms with E-state index in [4.69, 9.17) is 9.84 Å². The highest BCUT2D eigenvalue weighted by atomic mass is 16.6. The normalized spacial score (nSPS) is 13.6. The number of aliphatic hydroxyl groups is 1. The molecule has 7 nitrogen and oxygen atoms in total. The van der Waals surface area contributed by atoms with Gasteiger partial charge >= 0.3 is 12.1 Å². The first-order valence-corrected chi connectivity index (χ1v) is 5.74. The first kappa shape index (κ1) is 17.2. The van der Waals surface area contributed by atoms with E-state index in [0.29, 0.717) is 0 Å². The van der Waals surface area contributed by atoms with Crippen molar-refractivity contribution in [2.45, 2.75) is 38.8 Å². The van der Waals surface area contributed by atoms with Gasteiger partial charge in [0.2, 0.25) is 0 Å². The van der Waals surface area contributed by atoms with Crippen LogP contribution in [0.4, 0.5) is 4.79 Å². The SMILES string of the molecule is COC(=O)[C@H](C/C=C(\[O-])CO)NC(=O)OC(C)(C)C. The van der Waals surface area contributed by atoms with Crippen LogP contribution in [0.1, 0.15) is 27.2 Å². The number of amides is 1. The molecule has 0 aromatic carbocycles. The number of carbonyl (C=O) groups excluding carboxylic acids is 2. The number of hydrogen-bond acceptors (Lipinski definition) is 6. The molecule has 0 saturated carbocycles. The summed E-state index contributed by atoms with van der Waals surface area (Å²) in [5, 5.41) is 21.8. The minimum atomic E-state index is -1.03.